The largest absolute Gasteiger partial charge is 0.378 e. The second kappa shape index (κ2) is 8.29. The smallest absolute Gasteiger partial charge is 0.254 e. The van der Waals surface area contributed by atoms with Crippen molar-refractivity contribution in [2.75, 3.05) is 31.6 Å². The van der Waals surface area contributed by atoms with Crippen molar-refractivity contribution in [1.29, 1.82) is 0 Å². The van der Waals surface area contributed by atoms with E-state index in [2.05, 4.69) is 5.32 Å². The van der Waals surface area contributed by atoms with Crippen LogP contribution in [0.4, 0.5) is 5.69 Å². The van der Waals surface area contributed by atoms with Gasteiger partial charge in [-0.05, 0) is 31.5 Å². The lowest BCUT2D eigenvalue weighted by Gasteiger charge is -2.27. The fraction of sp³-hybridized carbons (Fsp3) is 0.333. The van der Waals surface area contributed by atoms with Crippen LogP contribution >= 0.6 is 0 Å². The van der Waals surface area contributed by atoms with Crippen LogP contribution in [0.1, 0.15) is 22.8 Å². The Morgan fingerprint density at radius 1 is 1.22 bits per heavy atom. The molecular weight excluding hydrogens is 292 g/mol. The van der Waals surface area contributed by atoms with Gasteiger partial charge in [-0.25, -0.2) is 0 Å². The summed E-state index contributed by atoms with van der Waals surface area (Å²) in [5, 5.41) is 2.81. The Bertz CT molecular complexity index is 629. The molecule has 5 heteroatoms. The van der Waals surface area contributed by atoms with Gasteiger partial charge in [0.15, 0.2) is 0 Å². The van der Waals surface area contributed by atoms with Crippen molar-refractivity contribution < 1.29 is 14.3 Å². The van der Waals surface area contributed by atoms with Crippen molar-refractivity contribution in [2.45, 2.75) is 13.8 Å². The molecule has 1 heterocycles. The minimum Gasteiger partial charge on any atom is -0.378 e. The number of morpholine rings is 1. The van der Waals surface area contributed by atoms with E-state index in [0.29, 0.717) is 37.6 Å². The second-order valence-corrected chi connectivity index (χ2v) is 5.26. The minimum absolute atomic E-state index is 0.0219. The van der Waals surface area contributed by atoms with Crippen LogP contribution in [-0.4, -0.2) is 43.0 Å². The number of carbonyl (C=O) groups is 2. The number of nitrogens with zero attached hydrogens (tertiary/aromatic N) is 1. The molecular formula is C18H22N2O3. The summed E-state index contributed by atoms with van der Waals surface area (Å²) in [6.45, 7) is 6.06. The van der Waals surface area contributed by atoms with E-state index in [1.165, 1.54) is 6.08 Å². The third kappa shape index (κ3) is 4.53. The van der Waals surface area contributed by atoms with Crippen LogP contribution < -0.4 is 5.32 Å². The van der Waals surface area contributed by atoms with Crippen molar-refractivity contribution >= 4 is 17.5 Å². The van der Waals surface area contributed by atoms with Crippen molar-refractivity contribution in [3.8, 4) is 0 Å². The molecule has 0 radical (unpaired) electrons. The maximum Gasteiger partial charge on any atom is 0.254 e. The van der Waals surface area contributed by atoms with Crippen molar-refractivity contribution in [3.63, 3.8) is 0 Å². The molecule has 0 spiro atoms. The predicted octanol–water partition coefficient (Wildman–Crippen LogP) is 2.54. The number of allylic oxidation sites excluding steroid dienone is 3. The van der Waals surface area contributed by atoms with Crippen LogP contribution in [0.15, 0.2) is 42.5 Å². The first-order chi connectivity index (χ1) is 11.1. The molecule has 5 nitrogen and oxygen atoms in total. The van der Waals surface area contributed by atoms with E-state index >= 15 is 0 Å². The van der Waals surface area contributed by atoms with Gasteiger partial charge >= 0.3 is 0 Å². The molecule has 2 amide bonds. The average molecular weight is 314 g/mol. The Morgan fingerprint density at radius 2 is 1.96 bits per heavy atom. The quantitative estimate of drug-likeness (QED) is 0.686. The molecule has 1 aromatic rings. The molecule has 1 N–H and O–H groups in total. The number of rotatable bonds is 4. The minimum atomic E-state index is -0.220. The standard InChI is InChI=1S/C18H22N2O3/c1-3-4-5-9-17(21)19-16-8-6-7-15(14(16)2)18(22)20-10-12-23-13-11-20/h3-9H,10-13H2,1-2H3,(H,19,21)/b4-3+,9-5-. The number of hydrogen-bond acceptors (Lipinski definition) is 3. The predicted molar refractivity (Wildman–Crippen MR) is 90.5 cm³/mol. The summed E-state index contributed by atoms with van der Waals surface area (Å²) in [4.78, 5) is 26.3. The first-order valence-electron chi connectivity index (χ1n) is 7.70. The van der Waals surface area contributed by atoms with Crippen LogP contribution in [0.3, 0.4) is 0 Å². The van der Waals surface area contributed by atoms with E-state index in [1.807, 2.05) is 19.9 Å². The van der Waals surface area contributed by atoms with Gasteiger partial charge in [0, 0.05) is 30.4 Å². The summed E-state index contributed by atoms with van der Waals surface area (Å²) in [6, 6.07) is 5.37. The number of ether oxygens (including phenoxy) is 1. The molecule has 0 atom stereocenters. The maximum atomic E-state index is 12.6. The van der Waals surface area contributed by atoms with E-state index in [4.69, 9.17) is 4.74 Å². The molecule has 0 aliphatic carbocycles. The van der Waals surface area contributed by atoms with Gasteiger partial charge in [-0.15, -0.1) is 0 Å². The lowest BCUT2D eigenvalue weighted by Crippen LogP contribution is -2.41. The number of anilines is 1. The summed E-state index contributed by atoms with van der Waals surface area (Å²) in [5.41, 5.74) is 2.04. The third-order valence-electron chi connectivity index (χ3n) is 3.67. The summed E-state index contributed by atoms with van der Waals surface area (Å²) >= 11 is 0. The molecule has 122 valence electrons. The highest BCUT2D eigenvalue weighted by Gasteiger charge is 2.21. The lowest BCUT2D eigenvalue weighted by molar-refractivity contribution is -0.111. The maximum absolute atomic E-state index is 12.6. The number of benzene rings is 1. The Morgan fingerprint density at radius 3 is 2.65 bits per heavy atom. The van der Waals surface area contributed by atoms with Crippen molar-refractivity contribution in [1.82, 2.24) is 4.90 Å². The highest BCUT2D eigenvalue weighted by atomic mass is 16.5. The van der Waals surface area contributed by atoms with Crippen molar-refractivity contribution in [2.24, 2.45) is 0 Å². The van der Waals surface area contributed by atoms with Gasteiger partial charge in [0.1, 0.15) is 0 Å². The fourth-order valence-electron chi connectivity index (χ4n) is 2.37. The molecule has 1 aliphatic heterocycles. The van der Waals surface area contributed by atoms with Crippen molar-refractivity contribution in [3.05, 3.63) is 53.6 Å². The number of nitrogens with one attached hydrogen (secondary N) is 1. The first kappa shape index (κ1) is 17.0. The summed E-state index contributed by atoms with van der Waals surface area (Å²) in [6.07, 6.45) is 6.75. The summed E-state index contributed by atoms with van der Waals surface area (Å²) in [7, 11) is 0. The normalized spacial score (nSPS) is 15.3. The topological polar surface area (TPSA) is 58.6 Å². The zero-order valence-electron chi connectivity index (χ0n) is 13.5. The van der Waals surface area contributed by atoms with E-state index < -0.39 is 0 Å². The zero-order valence-corrected chi connectivity index (χ0v) is 13.5. The van der Waals surface area contributed by atoms with Gasteiger partial charge in [0.05, 0.1) is 13.2 Å². The number of amides is 2. The Labute approximate surface area is 136 Å². The number of hydrogen-bond donors (Lipinski definition) is 1. The van der Waals surface area contributed by atoms with Crippen LogP contribution in [0.25, 0.3) is 0 Å². The molecule has 0 unspecified atom stereocenters. The highest BCUT2D eigenvalue weighted by molar-refractivity contribution is 6.02. The van der Waals surface area contributed by atoms with Gasteiger partial charge in [-0.2, -0.15) is 0 Å². The van der Waals surface area contributed by atoms with Gasteiger partial charge in [-0.1, -0.05) is 24.3 Å². The zero-order chi connectivity index (χ0) is 16.7. The van der Waals surface area contributed by atoms with E-state index in [-0.39, 0.29) is 11.8 Å². The monoisotopic (exact) mass is 314 g/mol. The van der Waals surface area contributed by atoms with E-state index in [9.17, 15) is 9.59 Å². The summed E-state index contributed by atoms with van der Waals surface area (Å²) in [5.74, 6) is -0.242. The Hall–Kier alpha value is -2.40. The molecule has 23 heavy (non-hydrogen) atoms. The average Bonchev–Trinajstić information content (AvgIpc) is 2.57. The molecule has 1 saturated heterocycles. The second-order valence-electron chi connectivity index (χ2n) is 5.26. The number of carbonyl (C=O) groups excluding carboxylic acids is 2. The van der Waals surface area contributed by atoms with Gasteiger partial charge in [-0.3, -0.25) is 9.59 Å². The Kier molecular flexibility index (Phi) is 6.11. The SMILES string of the molecule is C/C=C/C=C\C(=O)Nc1cccc(C(=O)N2CCOCC2)c1C. The van der Waals surface area contributed by atoms with Crippen LogP contribution in [0.5, 0.6) is 0 Å². The fourth-order valence-corrected chi connectivity index (χ4v) is 2.37. The molecule has 0 aromatic heterocycles. The molecule has 1 aliphatic rings. The van der Waals surface area contributed by atoms with Gasteiger partial charge in [0.2, 0.25) is 5.91 Å². The molecule has 1 fully saturated rings. The lowest BCUT2D eigenvalue weighted by atomic mass is 10.0. The Balaban J connectivity index is 2.14. The molecule has 2 rings (SSSR count). The summed E-state index contributed by atoms with van der Waals surface area (Å²) < 4.78 is 5.28. The van der Waals surface area contributed by atoms with Crippen LogP contribution in [0.2, 0.25) is 0 Å². The van der Waals surface area contributed by atoms with Gasteiger partial charge < -0.3 is 15.0 Å². The third-order valence-corrected chi connectivity index (χ3v) is 3.67. The van der Waals surface area contributed by atoms with Gasteiger partial charge in [0.25, 0.3) is 5.91 Å². The van der Waals surface area contributed by atoms with E-state index in [0.717, 1.165) is 5.56 Å². The molecule has 0 saturated carbocycles. The van der Waals surface area contributed by atoms with Crippen LogP contribution in [0, 0.1) is 6.92 Å². The highest BCUT2D eigenvalue weighted by Crippen LogP contribution is 2.21. The van der Waals surface area contributed by atoms with E-state index in [1.54, 1.807) is 35.3 Å². The molecule has 1 aromatic carbocycles. The molecule has 0 bridgehead atoms. The first-order valence-corrected chi connectivity index (χ1v) is 7.70. The van der Waals surface area contributed by atoms with Crippen LogP contribution in [-0.2, 0) is 9.53 Å².